The van der Waals surface area contributed by atoms with E-state index in [0.29, 0.717) is 0 Å². The summed E-state index contributed by atoms with van der Waals surface area (Å²) in [6, 6.07) is 4.02. The van der Waals surface area contributed by atoms with Crippen LogP contribution in [-0.4, -0.2) is 24.2 Å². The molecular formula is C13H20O2S. The van der Waals surface area contributed by atoms with Gasteiger partial charge in [0.05, 0.1) is 13.2 Å². The number of hydrogen-bond donors (Lipinski definition) is 1. The fourth-order valence-electron chi connectivity index (χ4n) is 1.63. The molecule has 0 bridgehead atoms. The minimum absolute atomic E-state index is 0.429. The molecule has 1 unspecified atom stereocenters. The molecule has 0 fully saturated rings. The number of rotatable bonds is 5. The first-order valence-electron chi connectivity index (χ1n) is 5.42. The number of aryl methyl sites for hydroxylation is 2. The zero-order valence-corrected chi connectivity index (χ0v) is 11.2. The monoisotopic (exact) mass is 240 g/mol. The Morgan fingerprint density at radius 2 is 1.94 bits per heavy atom. The smallest absolute Gasteiger partial charge is 0.124 e. The predicted octanol–water partition coefficient (Wildman–Crippen LogP) is 3.10. The van der Waals surface area contributed by atoms with E-state index in [1.165, 1.54) is 11.1 Å². The lowest BCUT2D eigenvalue weighted by atomic mass is 10.00. The zero-order valence-electron chi connectivity index (χ0n) is 10.4. The van der Waals surface area contributed by atoms with E-state index in [2.05, 4.69) is 13.8 Å². The molecule has 0 spiro atoms. The van der Waals surface area contributed by atoms with Crippen molar-refractivity contribution < 1.29 is 9.84 Å². The van der Waals surface area contributed by atoms with Gasteiger partial charge in [0.1, 0.15) is 5.75 Å². The van der Waals surface area contributed by atoms with Gasteiger partial charge in [0.2, 0.25) is 0 Å². The van der Waals surface area contributed by atoms with E-state index in [9.17, 15) is 5.11 Å². The van der Waals surface area contributed by atoms with Crippen molar-refractivity contribution in [3.8, 4) is 5.75 Å². The third-order valence-corrected chi connectivity index (χ3v) is 3.44. The molecule has 0 saturated heterocycles. The van der Waals surface area contributed by atoms with Gasteiger partial charge in [0, 0.05) is 5.56 Å². The van der Waals surface area contributed by atoms with Gasteiger partial charge in [0.15, 0.2) is 0 Å². The van der Waals surface area contributed by atoms with Gasteiger partial charge in [-0.3, -0.25) is 0 Å². The summed E-state index contributed by atoms with van der Waals surface area (Å²) < 4.78 is 5.32. The van der Waals surface area contributed by atoms with Gasteiger partial charge in [0.25, 0.3) is 0 Å². The van der Waals surface area contributed by atoms with Crippen molar-refractivity contribution >= 4 is 11.8 Å². The Bertz CT molecular complexity index is 350. The highest BCUT2D eigenvalue weighted by Gasteiger charge is 2.14. The zero-order chi connectivity index (χ0) is 12.1. The van der Waals surface area contributed by atoms with Crippen molar-refractivity contribution in [3.63, 3.8) is 0 Å². The summed E-state index contributed by atoms with van der Waals surface area (Å²) >= 11 is 1.74. The molecule has 0 aliphatic carbocycles. The predicted molar refractivity (Wildman–Crippen MR) is 70.4 cm³/mol. The number of thioether (sulfide) groups is 1. The Labute approximate surface area is 102 Å². The Morgan fingerprint density at radius 1 is 1.31 bits per heavy atom. The Balaban J connectivity index is 2.96. The number of methoxy groups -OCH3 is 1. The standard InChI is InChI=1S/C13H20O2S/c1-9-7-11(12(14)5-6-16-4)13(15-3)8-10(9)2/h7-8,12,14H,5-6H2,1-4H3. The number of ether oxygens (including phenoxy) is 1. The summed E-state index contributed by atoms with van der Waals surface area (Å²) in [6.07, 6.45) is 2.38. The first-order chi connectivity index (χ1) is 7.60. The van der Waals surface area contributed by atoms with Crippen LogP contribution in [-0.2, 0) is 0 Å². The normalized spacial score (nSPS) is 12.6. The van der Waals surface area contributed by atoms with Crippen LogP contribution in [0, 0.1) is 13.8 Å². The van der Waals surface area contributed by atoms with Crippen LogP contribution in [0.3, 0.4) is 0 Å². The van der Waals surface area contributed by atoms with Crippen LogP contribution in [0.15, 0.2) is 12.1 Å². The van der Waals surface area contributed by atoms with Gasteiger partial charge in [-0.05, 0) is 55.5 Å². The third kappa shape index (κ3) is 3.16. The Morgan fingerprint density at radius 3 is 2.50 bits per heavy atom. The first kappa shape index (κ1) is 13.4. The number of benzene rings is 1. The molecular weight excluding hydrogens is 220 g/mol. The van der Waals surface area contributed by atoms with Gasteiger partial charge >= 0.3 is 0 Å². The van der Waals surface area contributed by atoms with Crippen molar-refractivity contribution in [2.24, 2.45) is 0 Å². The molecule has 1 N–H and O–H groups in total. The lowest BCUT2D eigenvalue weighted by Crippen LogP contribution is -2.03. The third-order valence-electron chi connectivity index (χ3n) is 2.80. The Hall–Kier alpha value is -0.670. The van der Waals surface area contributed by atoms with Crippen LogP contribution in [0.2, 0.25) is 0 Å². The van der Waals surface area contributed by atoms with Gasteiger partial charge in [-0.1, -0.05) is 0 Å². The summed E-state index contributed by atoms with van der Waals surface area (Å²) in [5, 5.41) is 10.1. The van der Waals surface area contributed by atoms with Crippen molar-refractivity contribution in [3.05, 3.63) is 28.8 Å². The van der Waals surface area contributed by atoms with Crippen molar-refractivity contribution in [2.75, 3.05) is 19.1 Å². The number of aliphatic hydroxyl groups is 1. The lowest BCUT2D eigenvalue weighted by molar-refractivity contribution is 0.170. The summed E-state index contributed by atoms with van der Waals surface area (Å²) in [5.74, 6) is 1.74. The quantitative estimate of drug-likeness (QED) is 0.857. The van der Waals surface area contributed by atoms with Crippen molar-refractivity contribution in [1.82, 2.24) is 0 Å². The largest absolute Gasteiger partial charge is 0.496 e. The van der Waals surface area contributed by atoms with Gasteiger partial charge in [-0.2, -0.15) is 11.8 Å². The second kappa shape index (κ2) is 6.16. The molecule has 0 aromatic heterocycles. The molecule has 1 aromatic carbocycles. The van der Waals surface area contributed by atoms with E-state index in [1.807, 2.05) is 18.4 Å². The average Bonchev–Trinajstić information content (AvgIpc) is 2.28. The summed E-state index contributed by atoms with van der Waals surface area (Å²) in [7, 11) is 1.65. The van der Waals surface area contributed by atoms with E-state index < -0.39 is 6.10 Å². The fourth-order valence-corrected chi connectivity index (χ4v) is 2.09. The summed E-state index contributed by atoms with van der Waals surface area (Å²) in [5.41, 5.74) is 3.29. The van der Waals surface area contributed by atoms with Gasteiger partial charge in [-0.25, -0.2) is 0 Å². The topological polar surface area (TPSA) is 29.5 Å². The molecule has 16 heavy (non-hydrogen) atoms. The minimum atomic E-state index is -0.429. The maximum absolute atomic E-state index is 10.1. The molecule has 2 nitrogen and oxygen atoms in total. The van der Waals surface area contributed by atoms with E-state index >= 15 is 0 Å². The molecule has 0 aliphatic heterocycles. The molecule has 0 heterocycles. The molecule has 1 rings (SSSR count). The van der Waals surface area contributed by atoms with Crippen LogP contribution < -0.4 is 4.74 Å². The van der Waals surface area contributed by atoms with E-state index in [1.54, 1.807) is 18.9 Å². The summed E-state index contributed by atoms with van der Waals surface area (Å²) in [4.78, 5) is 0. The lowest BCUT2D eigenvalue weighted by Gasteiger charge is -2.16. The minimum Gasteiger partial charge on any atom is -0.496 e. The first-order valence-corrected chi connectivity index (χ1v) is 6.81. The molecule has 0 radical (unpaired) electrons. The highest BCUT2D eigenvalue weighted by Crippen LogP contribution is 2.30. The molecule has 0 aliphatic rings. The molecule has 1 atom stereocenters. The van der Waals surface area contributed by atoms with Crippen LogP contribution >= 0.6 is 11.8 Å². The molecule has 1 aromatic rings. The summed E-state index contributed by atoms with van der Waals surface area (Å²) in [6.45, 7) is 4.11. The molecule has 0 amide bonds. The molecule has 90 valence electrons. The second-order valence-corrected chi connectivity index (χ2v) is 4.96. The number of aliphatic hydroxyl groups excluding tert-OH is 1. The number of hydrogen-bond acceptors (Lipinski definition) is 3. The van der Waals surface area contributed by atoms with E-state index in [-0.39, 0.29) is 0 Å². The van der Waals surface area contributed by atoms with Crippen molar-refractivity contribution in [1.29, 1.82) is 0 Å². The molecule has 3 heteroatoms. The van der Waals surface area contributed by atoms with Crippen LogP contribution in [0.5, 0.6) is 5.75 Å². The highest BCUT2D eigenvalue weighted by atomic mass is 32.2. The molecule has 0 saturated carbocycles. The van der Waals surface area contributed by atoms with Crippen LogP contribution in [0.25, 0.3) is 0 Å². The SMILES string of the molecule is COc1cc(C)c(C)cc1C(O)CCSC. The Kier molecular flexibility index (Phi) is 5.16. The van der Waals surface area contributed by atoms with Crippen LogP contribution in [0.4, 0.5) is 0 Å². The van der Waals surface area contributed by atoms with Gasteiger partial charge < -0.3 is 9.84 Å². The fraction of sp³-hybridized carbons (Fsp3) is 0.538. The maximum atomic E-state index is 10.1. The van der Waals surface area contributed by atoms with E-state index in [4.69, 9.17) is 4.74 Å². The average molecular weight is 240 g/mol. The van der Waals surface area contributed by atoms with Gasteiger partial charge in [-0.15, -0.1) is 0 Å². The second-order valence-electron chi connectivity index (χ2n) is 3.98. The van der Waals surface area contributed by atoms with Crippen molar-refractivity contribution in [2.45, 2.75) is 26.4 Å². The van der Waals surface area contributed by atoms with Crippen LogP contribution in [0.1, 0.15) is 29.2 Å². The van der Waals surface area contributed by atoms with E-state index in [0.717, 1.165) is 23.5 Å². The highest BCUT2D eigenvalue weighted by molar-refractivity contribution is 7.98. The maximum Gasteiger partial charge on any atom is 0.124 e.